The fourth-order valence-corrected chi connectivity index (χ4v) is 2.74. The number of nitrogens with zero attached hydrogens (tertiary/aromatic N) is 1. The van der Waals surface area contributed by atoms with Gasteiger partial charge in [0.25, 0.3) is 0 Å². The van der Waals surface area contributed by atoms with Crippen LogP contribution >= 0.6 is 0 Å². The van der Waals surface area contributed by atoms with E-state index < -0.39 is 0 Å². The van der Waals surface area contributed by atoms with Gasteiger partial charge in [0.2, 0.25) is 11.8 Å². The van der Waals surface area contributed by atoms with E-state index in [2.05, 4.69) is 10.6 Å². The van der Waals surface area contributed by atoms with Gasteiger partial charge in [0, 0.05) is 32.6 Å². The van der Waals surface area contributed by atoms with Gasteiger partial charge in [0.05, 0.1) is 5.41 Å². The molecule has 0 aromatic rings. The lowest BCUT2D eigenvalue weighted by Gasteiger charge is -2.36. The van der Waals surface area contributed by atoms with Crippen LogP contribution in [0.15, 0.2) is 0 Å². The number of rotatable bonds is 2. The number of hydrogen-bond donors (Lipinski definition) is 2. The fourth-order valence-electron chi connectivity index (χ4n) is 2.74. The van der Waals surface area contributed by atoms with Gasteiger partial charge in [-0.3, -0.25) is 9.59 Å². The zero-order valence-electron chi connectivity index (χ0n) is 11.3. The van der Waals surface area contributed by atoms with E-state index in [0.717, 1.165) is 32.4 Å². The number of likely N-dealkylation sites (N-methyl/N-ethyl adjacent to an activating group) is 1. The van der Waals surface area contributed by atoms with E-state index in [4.69, 9.17) is 0 Å². The Morgan fingerprint density at radius 2 is 2.33 bits per heavy atom. The molecule has 2 heterocycles. The number of carbonyl (C=O) groups excluding carboxylic acids is 2. The van der Waals surface area contributed by atoms with Crippen LogP contribution < -0.4 is 10.6 Å². The lowest BCUT2D eigenvalue weighted by atomic mass is 9.81. The largest absolute Gasteiger partial charge is 0.351 e. The molecule has 2 saturated heterocycles. The molecular formula is C13H23N3O2. The maximum atomic E-state index is 12.3. The number of nitrogens with one attached hydrogen (secondary N) is 2. The first kappa shape index (κ1) is 13.3. The summed E-state index contributed by atoms with van der Waals surface area (Å²) in [6, 6.07) is 0.110. The summed E-state index contributed by atoms with van der Waals surface area (Å²) in [4.78, 5) is 25.4. The van der Waals surface area contributed by atoms with E-state index in [1.807, 2.05) is 6.92 Å². The summed E-state index contributed by atoms with van der Waals surface area (Å²) in [7, 11) is 1.80. The topological polar surface area (TPSA) is 61.4 Å². The molecule has 0 saturated carbocycles. The molecule has 102 valence electrons. The fraction of sp³-hybridized carbons (Fsp3) is 0.846. The molecule has 2 unspecified atom stereocenters. The molecule has 2 aliphatic rings. The quantitative estimate of drug-likeness (QED) is 0.734. The van der Waals surface area contributed by atoms with Crippen molar-refractivity contribution in [1.29, 1.82) is 0 Å². The average molecular weight is 253 g/mol. The van der Waals surface area contributed by atoms with Crippen LogP contribution in [0.4, 0.5) is 0 Å². The molecule has 18 heavy (non-hydrogen) atoms. The predicted molar refractivity (Wildman–Crippen MR) is 69.0 cm³/mol. The van der Waals surface area contributed by atoms with Crippen molar-refractivity contribution < 1.29 is 9.59 Å². The second kappa shape index (κ2) is 5.26. The van der Waals surface area contributed by atoms with Gasteiger partial charge in [-0.15, -0.1) is 0 Å². The summed E-state index contributed by atoms with van der Waals surface area (Å²) >= 11 is 0. The van der Waals surface area contributed by atoms with Crippen LogP contribution in [0.3, 0.4) is 0 Å². The molecule has 0 aromatic carbocycles. The Morgan fingerprint density at radius 3 is 2.94 bits per heavy atom. The lowest BCUT2D eigenvalue weighted by molar-refractivity contribution is -0.136. The van der Waals surface area contributed by atoms with E-state index in [0.29, 0.717) is 13.0 Å². The molecule has 2 N–H and O–H groups in total. The zero-order chi connectivity index (χ0) is 13.2. The maximum absolute atomic E-state index is 12.3. The predicted octanol–water partition coefficient (Wildman–Crippen LogP) is 0.113. The Kier molecular flexibility index (Phi) is 3.90. The third-order valence-corrected chi connectivity index (χ3v) is 4.11. The van der Waals surface area contributed by atoms with Crippen molar-refractivity contribution in [3.05, 3.63) is 0 Å². The minimum atomic E-state index is -0.293. The molecule has 2 aliphatic heterocycles. The Morgan fingerprint density at radius 1 is 1.56 bits per heavy atom. The van der Waals surface area contributed by atoms with Crippen molar-refractivity contribution in [3.63, 3.8) is 0 Å². The van der Waals surface area contributed by atoms with Gasteiger partial charge in [-0.2, -0.15) is 0 Å². The van der Waals surface area contributed by atoms with Crippen molar-refractivity contribution in [1.82, 2.24) is 15.5 Å². The molecule has 0 aliphatic carbocycles. The van der Waals surface area contributed by atoms with Gasteiger partial charge in [-0.25, -0.2) is 0 Å². The second-order valence-electron chi connectivity index (χ2n) is 5.82. The van der Waals surface area contributed by atoms with Gasteiger partial charge >= 0.3 is 0 Å². The Labute approximate surface area is 108 Å². The molecule has 0 spiro atoms. The van der Waals surface area contributed by atoms with Gasteiger partial charge in [-0.05, 0) is 32.7 Å². The van der Waals surface area contributed by atoms with Crippen LogP contribution in [-0.2, 0) is 9.59 Å². The van der Waals surface area contributed by atoms with E-state index in [9.17, 15) is 9.59 Å². The number of piperidine rings is 2. The highest BCUT2D eigenvalue weighted by molar-refractivity contribution is 5.83. The SMILES string of the molecule is CN1CC(NC(=O)C2(C)CCCNC2)CCC1=O. The van der Waals surface area contributed by atoms with E-state index >= 15 is 0 Å². The monoisotopic (exact) mass is 253 g/mol. The molecule has 2 fully saturated rings. The smallest absolute Gasteiger partial charge is 0.227 e. The van der Waals surface area contributed by atoms with Crippen LogP contribution in [0.2, 0.25) is 0 Å². The summed E-state index contributed by atoms with van der Waals surface area (Å²) in [5, 5.41) is 6.39. The van der Waals surface area contributed by atoms with Crippen molar-refractivity contribution >= 4 is 11.8 Å². The summed E-state index contributed by atoms with van der Waals surface area (Å²) in [5.74, 6) is 0.300. The molecule has 5 nitrogen and oxygen atoms in total. The highest BCUT2D eigenvalue weighted by Crippen LogP contribution is 2.26. The molecule has 0 radical (unpaired) electrons. The number of hydrogen-bond acceptors (Lipinski definition) is 3. The first-order chi connectivity index (χ1) is 8.51. The summed E-state index contributed by atoms with van der Waals surface area (Å²) in [6.45, 7) is 4.41. The Balaban J connectivity index is 1.89. The first-order valence-corrected chi connectivity index (χ1v) is 6.77. The molecule has 2 atom stereocenters. The first-order valence-electron chi connectivity index (χ1n) is 6.77. The summed E-state index contributed by atoms with van der Waals surface area (Å²) < 4.78 is 0. The highest BCUT2D eigenvalue weighted by Gasteiger charge is 2.36. The maximum Gasteiger partial charge on any atom is 0.227 e. The van der Waals surface area contributed by atoms with Crippen molar-refractivity contribution in [3.8, 4) is 0 Å². The van der Waals surface area contributed by atoms with Crippen LogP contribution in [-0.4, -0.2) is 49.4 Å². The van der Waals surface area contributed by atoms with Gasteiger partial charge in [0.1, 0.15) is 0 Å². The normalized spacial score (nSPS) is 33.3. The van der Waals surface area contributed by atoms with Crippen molar-refractivity contribution in [2.24, 2.45) is 5.41 Å². The van der Waals surface area contributed by atoms with E-state index in [-0.39, 0.29) is 23.3 Å². The average Bonchev–Trinajstić information content (AvgIpc) is 2.35. The minimum absolute atomic E-state index is 0.110. The molecule has 5 heteroatoms. The minimum Gasteiger partial charge on any atom is -0.351 e. The van der Waals surface area contributed by atoms with Crippen LogP contribution in [0.25, 0.3) is 0 Å². The Bertz CT molecular complexity index is 337. The van der Waals surface area contributed by atoms with Crippen molar-refractivity contribution in [2.75, 3.05) is 26.7 Å². The van der Waals surface area contributed by atoms with Gasteiger partial charge in [-0.1, -0.05) is 0 Å². The lowest BCUT2D eigenvalue weighted by Crippen LogP contribution is -2.55. The van der Waals surface area contributed by atoms with E-state index in [1.165, 1.54) is 0 Å². The third-order valence-electron chi connectivity index (χ3n) is 4.11. The second-order valence-corrected chi connectivity index (χ2v) is 5.82. The van der Waals surface area contributed by atoms with Crippen LogP contribution in [0, 0.1) is 5.41 Å². The van der Waals surface area contributed by atoms with Crippen LogP contribution in [0.1, 0.15) is 32.6 Å². The molecule has 0 aromatic heterocycles. The van der Waals surface area contributed by atoms with E-state index in [1.54, 1.807) is 11.9 Å². The number of amides is 2. The van der Waals surface area contributed by atoms with Gasteiger partial charge in [0.15, 0.2) is 0 Å². The van der Waals surface area contributed by atoms with Crippen LogP contribution in [0.5, 0.6) is 0 Å². The molecule has 0 bridgehead atoms. The van der Waals surface area contributed by atoms with Gasteiger partial charge < -0.3 is 15.5 Å². The molecule has 2 rings (SSSR count). The standard InChI is InChI=1S/C13H23N3O2/c1-13(6-3-7-14-9-13)12(18)15-10-4-5-11(17)16(2)8-10/h10,14H,3-9H2,1-2H3,(H,15,18). The summed E-state index contributed by atoms with van der Waals surface area (Å²) in [5.41, 5.74) is -0.293. The highest BCUT2D eigenvalue weighted by atomic mass is 16.2. The number of carbonyl (C=O) groups is 2. The molecular weight excluding hydrogens is 230 g/mol. The number of likely N-dealkylation sites (tertiary alicyclic amines) is 1. The third kappa shape index (κ3) is 2.83. The Hall–Kier alpha value is -1.10. The van der Waals surface area contributed by atoms with Crippen molar-refractivity contribution in [2.45, 2.75) is 38.6 Å². The molecule has 2 amide bonds. The zero-order valence-corrected chi connectivity index (χ0v) is 11.3. The summed E-state index contributed by atoms with van der Waals surface area (Å²) in [6.07, 6.45) is 3.29.